The molecular formula is C14H20N2O3. The lowest BCUT2D eigenvalue weighted by Crippen LogP contribution is -2.42. The van der Waals surface area contributed by atoms with Crippen molar-refractivity contribution in [2.24, 2.45) is 0 Å². The van der Waals surface area contributed by atoms with Gasteiger partial charge in [0, 0.05) is 29.3 Å². The lowest BCUT2D eigenvalue weighted by molar-refractivity contribution is -0.385. The first-order valence-corrected chi connectivity index (χ1v) is 6.34. The second kappa shape index (κ2) is 5.82. The molecule has 0 atom stereocenters. The van der Waals surface area contributed by atoms with Crippen molar-refractivity contribution in [1.82, 2.24) is 4.90 Å². The lowest BCUT2D eigenvalue weighted by atomic mass is 10.0. The largest absolute Gasteiger partial charge is 0.334 e. The van der Waals surface area contributed by atoms with Gasteiger partial charge in [-0.15, -0.1) is 0 Å². The van der Waals surface area contributed by atoms with E-state index in [0.29, 0.717) is 11.1 Å². The number of benzene rings is 1. The van der Waals surface area contributed by atoms with Crippen molar-refractivity contribution in [3.8, 4) is 0 Å². The molecule has 0 saturated carbocycles. The Morgan fingerprint density at radius 2 is 1.74 bits per heavy atom. The van der Waals surface area contributed by atoms with Gasteiger partial charge in [-0.2, -0.15) is 0 Å². The van der Waals surface area contributed by atoms with Crippen molar-refractivity contribution in [1.29, 1.82) is 0 Å². The number of hydrogen-bond donors (Lipinski definition) is 0. The lowest BCUT2D eigenvalue weighted by Gasteiger charge is -2.31. The van der Waals surface area contributed by atoms with Crippen molar-refractivity contribution < 1.29 is 9.72 Å². The highest BCUT2D eigenvalue weighted by atomic mass is 16.6. The van der Waals surface area contributed by atoms with Crippen LogP contribution in [0.2, 0.25) is 0 Å². The predicted molar refractivity (Wildman–Crippen MR) is 74.3 cm³/mol. The second-order valence-electron chi connectivity index (χ2n) is 5.11. The molecule has 0 radical (unpaired) electrons. The topological polar surface area (TPSA) is 63.5 Å². The van der Waals surface area contributed by atoms with Crippen molar-refractivity contribution >= 4 is 11.6 Å². The Hall–Kier alpha value is -1.91. The van der Waals surface area contributed by atoms with E-state index in [9.17, 15) is 14.9 Å². The Morgan fingerprint density at radius 1 is 1.21 bits per heavy atom. The molecule has 0 N–H and O–H groups in total. The quantitative estimate of drug-likeness (QED) is 0.619. The molecule has 0 bridgehead atoms. The van der Waals surface area contributed by atoms with Gasteiger partial charge in [0.2, 0.25) is 0 Å². The minimum Gasteiger partial charge on any atom is -0.334 e. The average Bonchev–Trinajstić information content (AvgIpc) is 2.27. The summed E-state index contributed by atoms with van der Waals surface area (Å²) in [5.41, 5.74) is 0.804. The normalized spacial score (nSPS) is 10.9. The molecule has 5 heteroatoms. The summed E-state index contributed by atoms with van der Waals surface area (Å²) in [5, 5.41) is 10.9. The summed E-state index contributed by atoms with van der Waals surface area (Å²) < 4.78 is 0. The standard InChI is InChI=1S/C14H20N2O3/c1-9(2)15(10(3)4)14(17)12-7-6-8-13(11(12)5)16(18)19/h6-10H,1-5H3. The van der Waals surface area contributed by atoms with Crippen LogP contribution in [-0.2, 0) is 0 Å². The first-order chi connectivity index (χ1) is 8.77. The van der Waals surface area contributed by atoms with Crippen molar-refractivity contribution in [3.63, 3.8) is 0 Å². The third-order valence-electron chi connectivity index (χ3n) is 3.08. The van der Waals surface area contributed by atoms with Crippen molar-refractivity contribution in [2.45, 2.75) is 46.7 Å². The smallest absolute Gasteiger partial charge is 0.273 e. The molecule has 0 aliphatic carbocycles. The first-order valence-electron chi connectivity index (χ1n) is 6.34. The Kier molecular flexibility index (Phi) is 4.64. The second-order valence-corrected chi connectivity index (χ2v) is 5.11. The van der Waals surface area contributed by atoms with Crippen LogP contribution in [0, 0.1) is 17.0 Å². The van der Waals surface area contributed by atoms with E-state index in [2.05, 4.69) is 0 Å². The molecule has 0 saturated heterocycles. The number of nitro groups is 1. The summed E-state index contributed by atoms with van der Waals surface area (Å²) in [6.45, 7) is 9.36. The Labute approximate surface area is 113 Å². The summed E-state index contributed by atoms with van der Waals surface area (Å²) in [5.74, 6) is -0.161. The predicted octanol–water partition coefficient (Wildman–Crippen LogP) is 3.16. The summed E-state index contributed by atoms with van der Waals surface area (Å²) in [4.78, 5) is 24.7. The summed E-state index contributed by atoms with van der Waals surface area (Å²) in [7, 11) is 0. The van der Waals surface area contributed by atoms with Gasteiger partial charge in [-0.05, 0) is 40.7 Å². The molecule has 1 amide bonds. The molecule has 104 valence electrons. The van der Waals surface area contributed by atoms with Gasteiger partial charge >= 0.3 is 0 Å². The van der Waals surface area contributed by atoms with Gasteiger partial charge in [0.05, 0.1) is 4.92 Å². The molecule has 0 aromatic heterocycles. The third kappa shape index (κ3) is 3.10. The minimum absolute atomic E-state index is 0.0155. The number of carbonyl (C=O) groups is 1. The van der Waals surface area contributed by atoms with Crippen molar-refractivity contribution in [2.75, 3.05) is 0 Å². The van der Waals surface area contributed by atoms with Gasteiger partial charge in [-0.3, -0.25) is 14.9 Å². The van der Waals surface area contributed by atoms with Gasteiger partial charge < -0.3 is 4.90 Å². The minimum atomic E-state index is -0.457. The Bertz CT molecular complexity index is 487. The van der Waals surface area contributed by atoms with Gasteiger partial charge in [-0.25, -0.2) is 0 Å². The van der Waals surface area contributed by atoms with E-state index in [0.717, 1.165) is 0 Å². The monoisotopic (exact) mass is 264 g/mol. The zero-order chi connectivity index (χ0) is 14.7. The van der Waals surface area contributed by atoms with E-state index in [4.69, 9.17) is 0 Å². The van der Waals surface area contributed by atoms with Crippen LogP contribution in [0.5, 0.6) is 0 Å². The number of amides is 1. The van der Waals surface area contributed by atoms with Crippen LogP contribution in [0.15, 0.2) is 18.2 Å². The highest BCUT2D eigenvalue weighted by Crippen LogP contribution is 2.23. The number of nitrogens with zero attached hydrogens (tertiary/aromatic N) is 2. The van der Waals surface area contributed by atoms with Crippen molar-refractivity contribution in [3.05, 3.63) is 39.4 Å². The fourth-order valence-corrected chi connectivity index (χ4v) is 2.26. The maximum Gasteiger partial charge on any atom is 0.273 e. The van der Waals surface area contributed by atoms with E-state index < -0.39 is 4.92 Å². The fourth-order valence-electron chi connectivity index (χ4n) is 2.26. The molecule has 0 unspecified atom stereocenters. The average molecular weight is 264 g/mol. The van der Waals surface area contributed by atoms with Crippen LogP contribution in [0.3, 0.4) is 0 Å². The van der Waals surface area contributed by atoms with Gasteiger partial charge in [0.1, 0.15) is 0 Å². The highest BCUT2D eigenvalue weighted by Gasteiger charge is 2.25. The van der Waals surface area contributed by atoms with Crippen LogP contribution >= 0.6 is 0 Å². The number of rotatable bonds is 4. The molecule has 0 spiro atoms. The molecule has 1 rings (SSSR count). The molecule has 0 heterocycles. The molecule has 5 nitrogen and oxygen atoms in total. The third-order valence-corrected chi connectivity index (χ3v) is 3.08. The van der Waals surface area contributed by atoms with Crippen LogP contribution in [0.1, 0.15) is 43.6 Å². The van der Waals surface area contributed by atoms with Gasteiger partial charge in [0.25, 0.3) is 11.6 Å². The van der Waals surface area contributed by atoms with Crippen LogP contribution in [-0.4, -0.2) is 27.8 Å². The number of nitro benzene ring substituents is 1. The maximum absolute atomic E-state index is 12.5. The molecule has 0 aliphatic heterocycles. The fraction of sp³-hybridized carbons (Fsp3) is 0.500. The molecular weight excluding hydrogens is 244 g/mol. The summed E-state index contributed by atoms with van der Waals surface area (Å²) in [6.07, 6.45) is 0. The zero-order valence-corrected chi connectivity index (χ0v) is 12.0. The van der Waals surface area contributed by atoms with E-state index in [1.54, 1.807) is 24.0 Å². The molecule has 1 aromatic rings. The van der Waals surface area contributed by atoms with Crippen LogP contribution in [0.4, 0.5) is 5.69 Å². The summed E-state index contributed by atoms with van der Waals surface area (Å²) in [6, 6.07) is 4.71. The Morgan fingerprint density at radius 3 is 2.16 bits per heavy atom. The first kappa shape index (κ1) is 15.1. The number of carbonyl (C=O) groups excluding carboxylic acids is 1. The molecule has 0 fully saturated rings. The van der Waals surface area contributed by atoms with E-state index in [-0.39, 0.29) is 23.7 Å². The zero-order valence-electron chi connectivity index (χ0n) is 12.0. The Balaban J connectivity index is 3.26. The van der Waals surface area contributed by atoms with E-state index in [1.807, 2.05) is 27.7 Å². The highest BCUT2D eigenvalue weighted by molar-refractivity contribution is 5.97. The van der Waals surface area contributed by atoms with Crippen LogP contribution < -0.4 is 0 Å². The molecule has 19 heavy (non-hydrogen) atoms. The van der Waals surface area contributed by atoms with E-state index >= 15 is 0 Å². The number of hydrogen-bond acceptors (Lipinski definition) is 3. The SMILES string of the molecule is Cc1c(C(=O)N(C(C)C)C(C)C)cccc1[N+](=O)[O-]. The van der Waals surface area contributed by atoms with Crippen LogP contribution in [0.25, 0.3) is 0 Å². The van der Waals surface area contributed by atoms with Gasteiger partial charge in [0.15, 0.2) is 0 Å². The van der Waals surface area contributed by atoms with E-state index in [1.165, 1.54) is 6.07 Å². The van der Waals surface area contributed by atoms with Gasteiger partial charge in [-0.1, -0.05) is 6.07 Å². The molecule has 0 aliphatic rings. The molecule has 1 aromatic carbocycles. The maximum atomic E-state index is 12.5. The summed E-state index contributed by atoms with van der Waals surface area (Å²) >= 11 is 0.